The van der Waals surface area contributed by atoms with Gasteiger partial charge in [-0.05, 0) is 111 Å². The van der Waals surface area contributed by atoms with E-state index in [1.54, 1.807) is 0 Å². The first-order valence-electron chi connectivity index (χ1n) is 20.0. The molecule has 57 heavy (non-hydrogen) atoms. The number of para-hydroxylation sites is 2. The lowest BCUT2D eigenvalue weighted by Crippen LogP contribution is -2.32. The van der Waals surface area contributed by atoms with E-state index in [9.17, 15) is 0 Å². The van der Waals surface area contributed by atoms with Gasteiger partial charge in [-0.3, -0.25) is 0 Å². The molecule has 2 aliphatic rings. The Hall–Kier alpha value is -6.90. The van der Waals surface area contributed by atoms with Gasteiger partial charge in [0.1, 0.15) is 11.5 Å². The molecule has 2 nitrogen and oxygen atoms in total. The van der Waals surface area contributed by atoms with Crippen LogP contribution in [0, 0.1) is 0 Å². The number of nitrogens with zero attached hydrogens (tertiary/aromatic N) is 1. The predicted octanol–water partition coefficient (Wildman–Crippen LogP) is 15.1. The summed E-state index contributed by atoms with van der Waals surface area (Å²) in [5, 5.41) is 0. The molecule has 0 saturated heterocycles. The Morgan fingerprint density at radius 3 is 1.65 bits per heavy atom. The average molecular weight is 734 g/mol. The molecule has 0 fully saturated rings. The smallest absolute Gasteiger partial charge is 0.132 e. The number of allylic oxidation sites excluding steroid dienone is 1. The second-order valence-corrected chi connectivity index (χ2v) is 15.3. The highest BCUT2D eigenvalue weighted by Gasteiger charge is 2.51. The van der Waals surface area contributed by atoms with Gasteiger partial charge < -0.3 is 9.64 Å². The van der Waals surface area contributed by atoms with Gasteiger partial charge in [-0.2, -0.15) is 0 Å². The molecule has 8 aromatic rings. The first-order valence-corrected chi connectivity index (χ1v) is 20.0. The van der Waals surface area contributed by atoms with Gasteiger partial charge in [0.2, 0.25) is 0 Å². The monoisotopic (exact) mass is 733 g/mol. The molecule has 0 N–H and O–H groups in total. The van der Waals surface area contributed by atoms with Crippen molar-refractivity contribution in [1.82, 2.24) is 0 Å². The van der Waals surface area contributed by atoms with Crippen LogP contribution in [0.15, 0.2) is 194 Å². The molecular formula is C55H43NO. The number of rotatable bonds is 7. The van der Waals surface area contributed by atoms with E-state index < -0.39 is 5.41 Å². The number of anilines is 3. The van der Waals surface area contributed by atoms with Crippen LogP contribution in [0.25, 0.3) is 39.5 Å². The SMILES string of the molecule is C/C=C\c1c(-c2ccccc2)ccc(N(c2ccc(-c3ccccc3)cc2)c2ccc3c(c2)C2(c4ccccc4Oc4ccccc42)c2ccccc2-3)c1C(C)C. The second kappa shape index (κ2) is 14.0. The molecule has 0 radical (unpaired) electrons. The Balaban J connectivity index is 1.26. The molecule has 1 spiro atoms. The van der Waals surface area contributed by atoms with Crippen molar-refractivity contribution in [1.29, 1.82) is 0 Å². The largest absolute Gasteiger partial charge is 0.457 e. The normalized spacial score (nSPS) is 13.2. The van der Waals surface area contributed by atoms with E-state index in [1.165, 1.54) is 61.3 Å². The quantitative estimate of drug-likeness (QED) is 0.162. The molecule has 1 aliphatic carbocycles. The minimum absolute atomic E-state index is 0.236. The van der Waals surface area contributed by atoms with Crippen LogP contribution in [0.2, 0.25) is 0 Å². The number of ether oxygens (including phenoxy) is 1. The fourth-order valence-electron chi connectivity index (χ4n) is 9.48. The summed E-state index contributed by atoms with van der Waals surface area (Å²) >= 11 is 0. The third kappa shape index (κ3) is 5.47. The topological polar surface area (TPSA) is 12.5 Å². The Morgan fingerprint density at radius 2 is 1.00 bits per heavy atom. The summed E-state index contributed by atoms with van der Waals surface area (Å²) in [5.41, 5.74) is 17.6. The van der Waals surface area contributed by atoms with Gasteiger partial charge in [-0.15, -0.1) is 0 Å². The van der Waals surface area contributed by atoms with Crippen molar-refractivity contribution < 1.29 is 4.74 Å². The Labute approximate surface area is 336 Å². The molecule has 0 atom stereocenters. The number of hydrogen-bond acceptors (Lipinski definition) is 2. The first-order chi connectivity index (χ1) is 28.1. The average Bonchev–Trinajstić information content (AvgIpc) is 3.55. The van der Waals surface area contributed by atoms with Crippen LogP contribution in [0.5, 0.6) is 11.5 Å². The summed E-state index contributed by atoms with van der Waals surface area (Å²) in [7, 11) is 0. The van der Waals surface area contributed by atoms with Gasteiger partial charge in [0.15, 0.2) is 0 Å². The van der Waals surface area contributed by atoms with E-state index >= 15 is 0 Å². The van der Waals surface area contributed by atoms with Crippen molar-refractivity contribution in [3.8, 4) is 44.9 Å². The highest BCUT2D eigenvalue weighted by atomic mass is 16.5. The Kier molecular flexibility index (Phi) is 8.49. The summed E-state index contributed by atoms with van der Waals surface area (Å²) in [6.07, 6.45) is 4.47. The molecule has 0 aromatic heterocycles. The zero-order valence-electron chi connectivity index (χ0n) is 32.5. The minimum Gasteiger partial charge on any atom is -0.457 e. The van der Waals surface area contributed by atoms with Gasteiger partial charge in [0.05, 0.1) is 11.1 Å². The lowest BCUT2D eigenvalue weighted by atomic mass is 9.66. The van der Waals surface area contributed by atoms with Gasteiger partial charge in [0, 0.05) is 22.5 Å². The minimum atomic E-state index is -0.565. The molecule has 0 saturated carbocycles. The highest BCUT2D eigenvalue weighted by molar-refractivity contribution is 5.93. The first kappa shape index (κ1) is 34.6. The maximum atomic E-state index is 6.67. The maximum Gasteiger partial charge on any atom is 0.132 e. The van der Waals surface area contributed by atoms with Crippen molar-refractivity contribution in [2.75, 3.05) is 4.90 Å². The molecule has 1 heterocycles. The summed E-state index contributed by atoms with van der Waals surface area (Å²) in [6, 6.07) is 68.4. The van der Waals surface area contributed by atoms with Crippen LogP contribution in [0.3, 0.4) is 0 Å². The molecule has 8 aromatic carbocycles. The van der Waals surface area contributed by atoms with Crippen LogP contribution in [-0.4, -0.2) is 0 Å². The number of hydrogen-bond donors (Lipinski definition) is 0. The molecule has 2 heteroatoms. The standard InChI is InChI=1S/C55H43NO/c1-4-17-46-43(40-20-9-6-10-21-40)34-35-51(54(46)37(2)3)56(41-30-28-39(29-31-41)38-18-7-5-8-19-38)42-32-33-45-44-22-11-12-23-47(44)55(50(45)36-42)48-24-13-15-26-52(48)57-53-27-16-14-25-49(53)55/h4-37H,1-3H3/b17-4-. The molecule has 274 valence electrons. The lowest BCUT2D eigenvalue weighted by molar-refractivity contribution is 0.436. The predicted molar refractivity (Wildman–Crippen MR) is 238 cm³/mol. The van der Waals surface area contributed by atoms with Crippen LogP contribution in [0.4, 0.5) is 17.1 Å². The fourth-order valence-corrected chi connectivity index (χ4v) is 9.48. The second-order valence-electron chi connectivity index (χ2n) is 15.3. The van der Waals surface area contributed by atoms with Crippen LogP contribution in [-0.2, 0) is 5.41 Å². The van der Waals surface area contributed by atoms with E-state index in [2.05, 4.69) is 226 Å². The van der Waals surface area contributed by atoms with Crippen LogP contribution in [0.1, 0.15) is 60.1 Å². The van der Waals surface area contributed by atoms with E-state index in [-0.39, 0.29) is 5.92 Å². The fraction of sp³-hybridized carbons (Fsp3) is 0.0909. The van der Waals surface area contributed by atoms with E-state index in [4.69, 9.17) is 4.74 Å². The number of benzene rings is 8. The highest BCUT2D eigenvalue weighted by Crippen LogP contribution is 2.62. The van der Waals surface area contributed by atoms with Crippen LogP contribution < -0.4 is 9.64 Å². The summed E-state index contributed by atoms with van der Waals surface area (Å²) in [5.74, 6) is 2.03. The molecule has 10 rings (SSSR count). The van der Waals surface area contributed by atoms with E-state index in [1.807, 2.05) is 0 Å². The summed E-state index contributed by atoms with van der Waals surface area (Å²) in [6.45, 7) is 6.76. The molecule has 0 bridgehead atoms. The van der Waals surface area contributed by atoms with Gasteiger partial charge in [-0.25, -0.2) is 0 Å². The third-order valence-electron chi connectivity index (χ3n) is 11.8. The molecule has 1 aliphatic heterocycles. The van der Waals surface area contributed by atoms with Crippen molar-refractivity contribution in [2.24, 2.45) is 0 Å². The van der Waals surface area contributed by atoms with E-state index in [0.717, 1.165) is 34.0 Å². The van der Waals surface area contributed by atoms with Gasteiger partial charge >= 0.3 is 0 Å². The summed E-state index contributed by atoms with van der Waals surface area (Å²) in [4.78, 5) is 2.49. The van der Waals surface area contributed by atoms with Crippen LogP contribution >= 0.6 is 0 Å². The van der Waals surface area contributed by atoms with Gasteiger partial charge in [0.25, 0.3) is 0 Å². The maximum absolute atomic E-state index is 6.67. The van der Waals surface area contributed by atoms with Crippen molar-refractivity contribution in [3.05, 3.63) is 228 Å². The number of fused-ring (bicyclic) bond motifs is 9. The molecule has 0 unspecified atom stereocenters. The lowest BCUT2D eigenvalue weighted by Gasteiger charge is -2.39. The molecule has 0 amide bonds. The Morgan fingerprint density at radius 1 is 0.474 bits per heavy atom. The molecular weight excluding hydrogens is 691 g/mol. The van der Waals surface area contributed by atoms with Crippen molar-refractivity contribution in [3.63, 3.8) is 0 Å². The zero-order chi connectivity index (χ0) is 38.5. The van der Waals surface area contributed by atoms with Gasteiger partial charge in [-0.1, -0.05) is 172 Å². The summed E-state index contributed by atoms with van der Waals surface area (Å²) < 4.78 is 6.67. The zero-order valence-corrected chi connectivity index (χ0v) is 32.5. The van der Waals surface area contributed by atoms with Crippen molar-refractivity contribution in [2.45, 2.75) is 32.1 Å². The Bertz CT molecular complexity index is 2750. The van der Waals surface area contributed by atoms with E-state index in [0.29, 0.717) is 0 Å². The van der Waals surface area contributed by atoms with Crippen molar-refractivity contribution >= 4 is 23.1 Å². The third-order valence-corrected chi connectivity index (χ3v) is 11.8.